The van der Waals surface area contributed by atoms with Gasteiger partial charge in [0.2, 0.25) is 0 Å². The number of nitrogens with two attached hydrogens (primary N) is 1. The molecule has 3 nitrogen and oxygen atoms in total. The summed E-state index contributed by atoms with van der Waals surface area (Å²) in [7, 11) is 0. The van der Waals surface area contributed by atoms with Crippen LogP contribution < -0.4 is 5.73 Å². The van der Waals surface area contributed by atoms with Crippen LogP contribution in [0.25, 0.3) is 10.9 Å². The zero-order valence-corrected chi connectivity index (χ0v) is 9.91. The Morgan fingerprint density at radius 2 is 2.17 bits per heavy atom. The molecule has 0 spiro atoms. The van der Waals surface area contributed by atoms with Crippen molar-refractivity contribution in [3.8, 4) is 0 Å². The summed E-state index contributed by atoms with van der Waals surface area (Å²) in [5.74, 6) is 0.0686. The van der Waals surface area contributed by atoms with Crippen LogP contribution in [-0.2, 0) is 0 Å². The van der Waals surface area contributed by atoms with Crippen LogP contribution in [-0.4, -0.2) is 16.8 Å². The monoisotopic (exact) mass is 238 g/mol. The first-order valence-corrected chi connectivity index (χ1v) is 6.07. The van der Waals surface area contributed by atoms with Crippen LogP contribution in [0.2, 0.25) is 0 Å². The van der Waals surface area contributed by atoms with Gasteiger partial charge in [-0.05, 0) is 30.7 Å². The molecular weight excluding hydrogens is 224 g/mol. The van der Waals surface area contributed by atoms with Gasteiger partial charge in [-0.1, -0.05) is 18.2 Å². The molecule has 0 bridgehead atoms. The zero-order chi connectivity index (χ0) is 12.5. The molecule has 3 heteroatoms. The third-order valence-electron chi connectivity index (χ3n) is 3.34. The van der Waals surface area contributed by atoms with Crippen LogP contribution in [0.4, 0.5) is 0 Å². The largest absolute Gasteiger partial charge is 0.324 e. The molecule has 2 atom stereocenters. The summed E-state index contributed by atoms with van der Waals surface area (Å²) in [6, 6.07) is 9.50. The Kier molecular flexibility index (Phi) is 2.68. The number of ketones is 1. The molecule has 1 aliphatic carbocycles. The van der Waals surface area contributed by atoms with Crippen molar-refractivity contribution in [2.75, 3.05) is 0 Å². The lowest BCUT2D eigenvalue weighted by atomic mass is 9.95. The van der Waals surface area contributed by atoms with E-state index in [9.17, 15) is 4.79 Å². The molecule has 3 rings (SSSR count). The Bertz CT molecular complexity index is 633. The number of carbonyl (C=O) groups excluding carboxylic acids is 1. The minimum atomic E-state index is -0.0749. The number of rotatable bonds is 2. The molecule has 18 heavy (non-hydrogen) atoms. The lowest BCUT2D eigenvalue weighted by Crippen LogP contribution is -2.19. The lowest BCUT2D eigenvalue weighted by molar-refractivity contribution is 0.0943. The van der Waals surface area contributed by atoms with Crippen LogP contribution >= 0.6 is 0 Å². The highest BCUT2D eigenvalue weighted by Crippen LogP contribution is 2.23. The second-order valence-corrected chi connectivity index (χ2v) is 4.67. The van der Waals surface area contributed by atoms with Gasteiger partial charge in [0.1, 0.15) is 0 Å². The molecule has 0 radical (unpaired) electrons. The number of fused-ring (bicyclic) bond motifs is 1. The van der Waals surface area contributed by atoms with Crippen LogP contribution in [0.5, 0.6) is 0 Å². The number of benzene rings is 1. The summed E-state index contributed by atoms with van der Waals surface area (Å²) in [4.78, 5) is 16.6. The quantitative estimate of drug-likeness (QED) is 0.645. The van der Waals surface area contributed by atoms with Crippen molar-refractivity contribution in [2.45, 2.75) is 12.5 Å². The van der Waals surface area contributed by atoms with E-state index in [2.05, 4.69) is 4.98 Å². The normalized spacial score (nSPS) is 22.5. The Morgan fingerprint density at radius 1 is 1.28 bits per heavy atom. The number of hydrogen-bond donors (Lipinski definition) is 1. The Labute approximate surface area is 105 Å². The molecule has 0 amide bonds. The molecule has 1 aromatic carbocycles. The molecule has 1 aliphatic rings. The number of aromatic nitrogens is 1. The van der Waals surface area contributed by atoms with Gasteiger partial charge < -0.3 is 5.73 Å². The van der Waals surface area contributed by atoms with E-state index in [1.165, 1.54) is 0 Å². The topological polar surface area (TPSA) is 56.0 Å². The molecule has 0 aliphatic heterocycles. The summed E-state index contributed by atoms with van der Waals surface area (Å²) in [6.45, 7) is 0. The number of nitrogens with zero attached hydrogens (tertiary/aromatic N) is 1. The highest BCUT2D eigenvalue weighted by atomic mass is 16.1. The predicted molar refractivity (Wildman–Crippen MR) is 71.3 cm³/mol. The van der Waals surface area contributed by atoms with Gasteiger partial charge in [-0.15, -0.1) is 0 Å². The van der Waals surface area contributed by atoms with Gasteiger partial charge in [-0.2, -0.15) is 0 Å². The predicted octanol–water partition coefficient (Wildman–Crippen LogP) is 2.32. The maximum absolute atomic E-state index is 12.3. The fraction of sp³-hybridized carbons (Fsp3) is 0.200. The van der Waals surface area contributed by atoms with Crippen molar-refractivity contribution in [1.29, 1.82) is 0 Å². The van der Waals surface area contributed by atoms with E-state index in [0.29, 0.717) is 6.42 Å². The Balaban J connectivity index is 1.94. The second-order valence-electron chi connectivity index (χ2n) is 4.67. The number of allylic oxidation sites excluding steroid dienone is 1. The van der Waals surface area contributed by atoms with Crippen molar-refractivity contribution in [1.82, 2.24) is 4.98 Å². The molecular formula is C15H14N2O. The van der Waals surface area contributed by atoms with Gasteiger partial charge in [0.25, 0.3) is 0 Å². The molecule has 0 saturated carbocycles. The van der Waals surface area contributed by atoms with E-state index in [-0.39, 0.29) is 17.7 Å². The van der Waals surface area contributed by atoms with E-state index in [1.807, 2.05) is 42.5 Å². The maximum Gasteiger partial charge on any atom is 0.169 e. The van der Waals surface area contributed by atoms with E-state index in [1.54, 1.807) is 6.20 Å². The van der Waals surface area contributed by atoms with Crippen molar-refractivity contribution in [3.63, 3.8) is 0 Å². The highest BCUT2D eigenvalue weighted by Gasteiger charge is 2.23. The lowest BCUT2D eigenvalue weighted by Gasteiger charge is -2.08. The molecule has 1 heterocycles. The van der Waals surface area contributed by atoms with Crippen molar-refractivity contribution >= 4 is 16.7 Å². The highest BCUT2D eigenvalue weighted by molar-refractivity contribution is 6.01. The summed E-state index contributed by atoms with van der Waals surface area (Å²) >= 11 is 0. The molecule has 1 aromatic heterocycles. The summed E-state index contributed by atoms with van der Waals surface area (Å²) in [5.41, 5.74) is 7.43. The van der Waals surface area contributed by atoms with Gasteiger partial charge in [-0.25, -0.2) is 0 Å². The van der Waals surface area contributed by atoms with E-state index >= 15 is 0 Å². The minimum absolute atomic E-state index is 0.0149. The molecule has 2 aromatic rings. The fourth-order valence-corrected chi connectivity index (χ4v) is 2.36. The van der Waals surface area contributed by atoms with Crippen LogP contribution in [0.3, 0.4) is 0 Å². The van der Waals surface area contributed by atoms with E-state index in [4.69, 9.17) is 5.73 Å². The maximum atomic E-state index is 12.3. The average Bonchev–Trinajstić information content (AvgIpc) is 2.84. The number of pyridine rings is 1. The van der Waals surface area contributed by atoms with E-state index < -0.39 is 0 Å². The number of hydrogen-bond acceptors (Lipinski definition) is 3. The first kappa shape index (κ1) is 11.1. The molecule has 2 N–H and O–H groups in total. The van der Waals surface area contributed by atoms with Crippen LogP contribution in [0.1, 0.15) is 16.8 Å². The van der Waals surface area contributed by atoms with Gasteiger partial charge in [0, 0.05) is 29.1 Å². The summed E-state index contributed by atoms with van der Waals surface area (Å²) in [6.07, 6.45) is 6.29. The third kappa shape index (κ3) is 1.93. The molecule has 90 valence electrons. The first-order chi connectivity index (χ1) is 8.74. The Morgan fingerprint density at radius 3 is 2.94 bits per heavy atom. The third-order valence-corrected chi connectivity index (χ3v) is 3.34. The van der Waals surface area contributed by atoms with E-state index in [0.717, 1.165) is 16.5 Å². The second kappa shape index (κ2) is 4.35. The summed E-state index contributed by atoms with van der Waals surface area (Å²) < 4.78 is 0. The number of carbonyl (C=O) groups is 1. The van der Waals surface area contributed by atoms with Crippen LogP contribution in [0, 0.1) is 5.92 Å². The van der Waals surface area contributed by atoms with Gasteiger partial charge >= 0.3 is 0 Å². The molecule has 0 fully saturated rings. The Hall–Kier alpha value is -2.00. The van der Waals surface area contributed by atoms with Crippen molar-refractivity contribution < 1.29 is 4.79 Å². The van der Waals surface area contributed by atoms with Gasteiger partial charge in [0.15, 0.2) is 5.78 Å². The first-order valence-electron chi connectivity index (χ1n) is 6.07. The molecule has 2 unspecified atom stereocenters. The van der Waals surface area contributed by atoms with Crippen molar-refractivity contribution in [3.05, 3.63) is 54.2 Å². The van der Waals surface area contributed by atoms with Gasteiger partial charge in [-0.3, -0.25) is 9.78 Å². The minimum Gasteiger partial charge on any atom is -0.324 e. The van der Waals surface area contributed by atoms with Crippen molar-refractivity contribution in [2.24, 2.45) is 11.7 Å². The zero-order valence-electron chi connectivity index (χ0n) is 9.91. The number of Topliss-reactive ketones (excluding diaryl/α,β-unsaturated/α-hetero) is 1. The SMILES string of the molecule is NC1C=CC(C(=O)c2ccc3ncccc3c2)C1. The standard InChI is InChI=1S/C15H14N2O/c16-13-5-3-12(9-13)15(18)11-4-6-14-10(8-11)2-1-7-17-14/h1-8,12-13H,9,16H2. The van der Waals surface area contributed by atoms with Gasteiger partial charge in [0.05, 0.1) is 5.52 Å². The fourth-order valence-electron chi connectivity index (χ4n) is 2.36. The van der Waals surface area contributed by atoms with Crippen LogP contribution in [0.15, 0.2) is 48.7 Å². The molecule has 0 saturated heterocycles. The smallest absolute Gasteiger partial charge is 0.169 e. The summed E-state index contributed by atoms with van der Waals surface area (Å²) in [5, 5.41) is 0.995. The average molecular weight is 238 g/mol.